The van der Waals surface area contributed by atoms with Gasteiger partial charge in [-0.3, -0.25) is 9.69 Å². The van der Waals surface area contributed by atoms with E-state index in [1.165, 1.54) is 6.42 Å². The molecule has 2 fully saturated rings. The summed E-state index contributed by atoms with van der Waals surface area (Å²) in [5.74, 6) is -0.282. The van der Waals surface area contributed by atoms with Crippen LogP contribution in [0.15, 0.2) is 0 Å². The fourth-order valence-electron chi connectivity index (χ4n) is 2.70. The van der Waals surface area contributed by atoms with Crippen LogP contribution in [0.3, 0.4) is 0 Å². The highest BCUT2D eigenvalue weighted by Gasteiger charge is 2.29. The van der Waals surface area contributed by atoms with E-state index in [9.17, 15) is 9.59 Å². The molecule has 0 radical (unpaired) electrons. The predicted octanol–water partition coefficient (Wildman–Crippen LogP) is 0.0303. The van der Waals surface area contributed by atoms with Crippen molar-refractivity contribution in [2.24, 2.45) is 5.92 Å². The third-order valence-corrected chi connectivity index (χ3v) is 3.79. The monoisotopic (exact) mass is 270 g/mol. The molecular formula is C13H22N2O4. The molecule has 0 aromatic heterocycles. The molecule has 0 saturated carbocycles. The summed E-state index contributed by atoms with van der Waals surface area (Å²) < 4.78 is 5.15. The van der Waals surface area contributed by atoms with Crippen LogP contribution in [0.25, 0.3) is 0 Å². The van der Waals surface area contributed by atoms with E-state index in [0.29, 0.717) is 32.2 Å². The minimum absolute atomic E-state index is 0.109. The third kappa shape index (κ3) is 3.91. The van der Waals surface area contributed by atoms with Crippen LogP contribution in [0.4, 0.5) is 0 Å². The van der Waals surface area contributed by atoms with Crippen LogP contribution in [0.2, 0.25) is 0 Å². The molecule has 1 N–H and O–H groups in total. The molecule has 0 aromatic carbocycles. The van der Waals surface area contributed by atoms with E-state index in [-0.39, 0.29) is 5.91 Å². The summed E-state index contributed by atoms with van der Waals surface area (Å²) in [4.78, 5) is 26.8. The molecule has 0 spiro atoms. The number of rotatable bonds is 3. The van der Waals surface area contributed by atoms with Crippen molar-refractivity contribution in [1.29, 1.82) is 0 Å². The molecule has 2 aliphatic rings. The van der Waals surface area contributed by atoms with E-state index in [1.807, 2.05) is 9.80 Å². The molecule has 108 valence electrons. The largest absolute Gasteiger partial charge is 0.479 e. The highest BCUT2D eigenvalue weighted by molar-refractivity contribution is 5.78. The summed E-state index contributed by atoms with van der Waals surface area (Å²) in [6.45, 7) is 5.42. The first kappa shape index (κ1) is 14.3. The second kappa shape index (κ2) is 6.34. The molecule has 2 atom stereocenters. The number of carboxylic acid groups (broad SMARTS) is 1. The van der Waals surface area contributed by atoms with E-state index in [2.05, 4.69) is 6.92 Å². The lowest BCUT2D eigenvalue weighted by Crippen LogP contribution is -2.51. The number of likely N-dealkylation sites (tertiary alicyclic amines) is 1. The number of amides is 1. The summed E-state index contributed by atoms with van der Waals surface area (Å²) in [7, 11) is 0. The maximum Gasteiger partial charge on any atom is 0.334 e. The molecule has 6 nitrogen and oxygen atoms in total. The lowest BCUT2D eigenvalue weighted by molar-refractivity contribution is -0.157. The standard InChI is InChI=1S/C13H22N2O4/c1-10-3-2-4-15(7-10)12(16)9-14-5-6-19-11(8-14)13(17)18/h10-11H,2-9H2,1H3,(H,17,18). The molecule has 0 bridgehead atoms. The van der Waals surface area contributed by atoms with Crippen LogP contribution in [0, 0.1) is 5.92 Å². The number of carboxylic acids is 1. The molecule has 2 heterocycles. The van der Waals surface area contributed by atoms with Crippen molar-refractivity contribution in [3.05, 3.63) is 0 Å². The Hall–Kier alpha value is -1.14. The zero-order valence-corrected chi connectivity index (χ0v) is 11.4. The average molecular weight is 270 g/mol. The molecule has 0 aliphatic carbocycles. The smallest absolute Gasteiger partial charge is 0.334 e. The molecule has 6 heteroatoms. The number of hydrogen-bond acceptors (Lipinski definition) is 4. The number of nitrogens with zero attached hydrogens (tertiary/aromatic N) is 2. The molecule has 1 amide bonds. The molecule has 2 rings (SSSR count). The quantitative estimate of drug-likeness (QED) is 0.783. The summed E-state index contributed by atoms with van der Waals surface area (Å²) in [6, 6.07) is 0. The van der Waals surface area contributed by atoms with Crippen LogP contribution in [-0.2, 0) is 14.3 Å². The number of piperidine rings is 1. The lowest BCUT2D eigenvalue weighted by atomic mass is 10.0. The highest BCUT2D eigenvalue weighted by atomic mass is 16.5. The Labute approximate surface area is 113 Å². The fraction of sp³-hybridized carbons (Fsp3) is 0.846. The summed E-state index contributed by atoms with van der Waals surface area (Å²) >= 11 is 0. The topological polar surface area (TPSA) is 70.1 Å². The molecule has 2 saturated heterocycles. The van der Waals surface area contributed by atoms with Gasteiger partial charge in [0, 0.05) is 26.2 Å². The van der Waals surface area contributed by atoms with Crippen LogP contribution in [0.1, 0.15) is 19.8 Å². The minimum atomic E-state index is -0.955. The molecule has 2 aliphatic heterocycles. The summed E-state index contributed by atoms with van der Waals surface area (Å²) in [5.41, 5.74) is 0. The van der Waals surface area contributed by atoms with Crippen LogP contribution in [0.5, 0.6) is 0 Å². The summed E-state index contributed by atoms with van der Waals surface area (Å²) in [6.07, 6.45) is 1.44. The molecule has 2 unspecified atom stereocenters. The van der Waals surface area contributed by atoms with Gasteiger partial charge in [0.15, 0.2) is 6.10 Å². The van der Waals surface area contributed by atoms with Gasteiger partial charge in [0.1, 0.15) is 0 Å². The van der Waals surface area contributed by atoms with Gasteiger partial charge >= 0.3 is 5.97 Å². The Morgan fingerprint density at radius 1 is 1.32 bits per heavy atom. The summed E-state index contributed by atoms with van der Waals surface area (Å²) in [5, 5.41) is 8.93. The maximum absolute atomic E-state index is 12.2. The second-order valence-electron chi connectivity index (χ2n) is 5.52. The number of carbonyl (C=O) groups excluding carboxylic acids is 1. The Balaban J connectivity index is 1.82. The van der Waals surface area contributed by atoms with Gasteiger partial charge in [-0.15, -0.1) is 0 Å². The van der Waals surface area contributed by atoms with Crippen molar-refractivity contribution in [2.75, 3.05) is 39.3 Å². The van der Waals surface area contributed by atoms with E-state index >= 15 is 0 Å². The van der Waals surface area contributed by atoms with Gasteiger partial charge in [-0.25, -0.2) is 4.79 Å². The molecule has 0 aromatic rings. The number of carbonyl (C=O) groups is 2. The lowest BCUT2D eigenvalue weighted by Gasteiger charge is -2.35. The molecule has 19 heavy (non-hydrogen) atoms. The Morgan fingerprint density at radius 2 is 2.11 bits per heavy atom. The normalized spacial score (nSPS) is 29.2. The third-order valence-electron chi connectivity index (χ3n) is 3.79. The van der Waals surface area contributed by atoms with Crippen molar-refractivity contribution in [1.82, 2.24) is 9.80 Å². The predicted molar refractivity (Wildman–Crippen MR) is 68.8 cm³/mol. The zero-order chi connectivity index (χ0) is 13.8. The van der Waals surface area contributed by atoms with Crippen LogP contribution < -0.4 is 0 Å². The van der Waals surface area contributed by atoms with Crippen molar-refractivity contribution in [3.63, 3.8) is 0 Å². The van der Waals surface area contributed by atoms with Gasteiger partial charge in [-0.2, -0.15) is 0 Å². The van der Waals surface area contributed by atoms with Crippen molar-refractivity contribution < 1.29 is 19.4 Å². The van der Waals surface area contributed by atoms with E-state index in [4.69, 9.17) is 9.84 Å². The maximum atomic E-state index is 12.2. The van der Waals surface area contributed by atoms with Gasteiger partial charge in [0.05, 0.1) is 13.2 Å². The SMILES string of the molecule is CC1CCCN(C(=O)CN2CCOC(C(=O)O)C2)C1. The van der Waals surface area contributed by atoms with Gasteiger partial charge in [0.25, 0.3) is 0 Å². The Morgan fingerprint density at radius 3 is 2.79 bits per heavy atom. The van der Waals surface area contributed by atoms with Crippen molar-refractivity contribution in [3.8, 4) is 0 Å². The Bertz CT molecular complexity index is 348. The van der Waals surface area contributed by atoms with Gasteiger partial charge in [-0.05, 0) is 18.8 Å². The van der Waals surface area contributed by atoms with Gasteiger partial charge < -0.3 is 14.7 Å². The van der Waals surface area contributed by atoms with Crippen molar-refractivity contribution >= 4 is 11.9 Å². The molecular weight excluding hydrogens is 248 g/mol. The minimum Gasteiger partial charge on any atom is -0.479 e. The van der Waals surface area contributed by atoms with E-state index in [0.717, 1.165) is 19.5 Å². The number of ether oxygens (including phenoxy) is 1. The number of hydrogen-bond donors (Lipinski definition) is 1. The van der Waals surface area contributed by atoms with Crippen molar-refractivity contribution in [2.45, 2.75) is 25.9 Å². The first-order valence-corrected chi connectivity index (χ1v) is 6.91. The number of morpholine rings is 1. The first-order valence-electron chi connectivity index (χ1n) is 6.91. The Kier molecular flexibility index (Phi) is 4.76. The van der Waals surface area contributed by atoms with Gasteiger partial charge in [0.2, 0.25) is 5.91 Å². The van der Waals surface area contributed by atoms with Crippen LogP contribution >= 0.6 is 0 Å². The van der Waals surface area contributed by atoms with Crippen LogP contribution in [-0.4, -0.2) is 72.2 Å². The second-order valence-corrected chi connectivity index (χ2v) is 5.52. The van der Waals surface area contributed by atoms with Gasteiger partial charge in [-0.1, -0.05) is 6.92 Å². The first-order chi connectivity index (χ1) is 9.06. The number of aliphatic carboxylic acids is 1. The van der Waals surface area contributed by atoms with E-state index in [1.54, 1.807) is 0 Å². The zero-order valence-electron chi connectivity index (χ0n) is 11.4. The fourth-order valence-corrected chi connectivity index (χ4v) is 2.70. The average Bonchev–Trinajstić information content (AvgIpc) is 2.39. The van der Waals surface area contributed by atoms with E-state index < -0.39 is 12.1 Å². The highest BCUT2D eigenvalue weighted by Crippen LogP contribution is 2.16.